The summed E-state index contributed by atoms with van der Waals surface area (Å²) in [6, 6.07) is 9.93. The minimum absolute atomic E-state index is 0.0800. The number of hydrogen-bond donors (Lipinski definition) is 1. The second-order valence-corrected chi connectivity index (χ2v) is 7.43. The Hall–Kier alpha value is -3.15. The van der Waals surface area contributed by atoms with Crippen LogP contribution in [0.3, 0.4) is 0 Å². The molecule has 1 atom stereocenters. The third-order valence-corrected chi connectivity index (χ3v) is 5.17. The lowest BCUT2D eigenvalue weighted by Crippen LogP contribution is -2.31. The lowest BCUT2D eigenvalue weighted by atomic mass is 9.97. The normalized spacial score (nSPS) is 18.1. The number of aryl methyl sites for hydroxylation is 1. The van der Waals surface area contributed by atoms with Gasteiger partial charge in [-0.2, -0.15) is 0 Å². The van der Waals surface area contributed by atoms with Gasteiger partial charge in [-0.1, -0.05) is 26.3 Å². The molecule has 6 heteroatoms. The maximum Gasteiger partial charge on any atom is 0.295 e. The zero-order valence-corrected chi connectivity index (χ0v) is 17.7. The van der Waals surface area contributed by atoms with Crippen LogP contribution < -0.4 is 4.74 Å². The van der Waals surface area contributed by atoms with E-state index in [1.807, 2.05) is 26.8 Å². The average Bonchev–Trinajstić information content (AvgIpc) is 3.01. The number of aliphatic hydroxyl groups excluding tert-OH is 1. The summed E-state index contributed by atoms with van der Waals surface area (Å²) in [6.45, 7) is 6.98. The van der Waals surface area contributed by atoms with E-state index in [-0.39, 0.29) is 11.3 Å². The Bertz CT molecular complexity index is 953. The van der Waals surface area contributed by atoms with Crippen molar-refractivity contribution in [3.05, 3.63) is 65.0 Å². The van der Waals surface area contributed by atoms with Crippen LogP contribution in [0.4, 0.5) is 0 Å². The molecule has 1 fully saturated rings. The van der Waals surface area contributed by atoms with E-state index in [1.54, 1.807) is 36.5 Å². The van der Waals surface area contributed by atoms with Gasteiger partial charge in [0.05, 0.1) is 17.9 Å². The van der Waals surface area contributed by atoms with Crippen LogP contribution in [0, 0.1) is 6.92 Å². The number of carbonyl (C=O) groups is 2. The Morgan fingerprint density at radius 2 is 1.97 bits per heavy atom. The van der Waals surface area contributed by atoms with Gasteiger partial charge in [0.1, 0.15) is 17.6 Å². The lowest BCUT2D eigenvalue weighted by Gasteiger charge is -2.24. The van der Waals surface area contributed by atoms with E-state index in [0.29, 0.717) is 24.4 Å². The second-order valence-electron chi connectivity index (χ2n) is 7.43. The first kappa shape index (κ1) is 21.6. The van der Waals surface area contributed by atoms with Crippen LogP contribution >= 0.6 is 0 Å². The fourth-order valence-electron chi connectivity index (χ4n) is 3.61. The highest BCUT2D eigenvalue weighted by Crippen LogP contribution is 2.39. The topological polar surface area (TPSA) is 79.7 Å². The van der Waals surface area contributed by atoms with E-state index in [0.717, 1.165) is 30.6 Å². The van der Waals surface area contributed by atoms with Crippen molar-refractivity contribution < 1.29 is 19.4 Å². The van der Waals surface area contributed by atoms with E-state index in [4.69, 9.17) is 4.74 Å². The zero-order valence-electron chi connectivity index (χ0n) is 17.7. The molecule has 2 aromatic rings. The first-order valence-electron chi connectivity index (χ1n) is 10.4. The molecule has 0 radical (unpaired) electrons. The number of pyridine rings is 1. The molecule has 6 nitrogen and oxygen atoms in total. The van der Waals surface area contributed by atoms with Crippen LogP contribution in [-0.2, 0) is 9.59 Å². The minimum atomic E-state index is -0.700. The predicted octanol–water partition coefficient (Wildman–Crippen LogP) is 4.40. The largest absolute Gasteiger partial charge is 0.507 e. The van der Waals surface area contributed by atoms with Crippen LogP contribution in [0.2, 0.25) is 0 Å². The summed E-state index contributed by atoms with van der Waals surface area (Å²) in [4.78, 5) is 31.6. The van der Waals surface area contributed by atoms with Gasteiger partial charge in [0, 0.05) is 18.3 Å². The third kappa shape index (κ3) is 4.22. The molecule has 2 heterocycles. The van der Waals surface area contributed by atoms with Gasteiger partial charge in [-0.3, -0.25) is 14.6 Å². The summed E-state index contributed by atoms with van der Waals surface area (Å²) < 4.78 is 5.70. The van der Waals surface area contributed by atoms with E-state index in [9.17, 15) is 14.7 Å². The van der Waals surface area contributed by atoms with Crippen molar-refractivity contribution in [2.75, 3.05) is 13.2 Å². The second kappa shape index (κ2) is 9.57. The molecule has 0 bridgehead atoms. The Labute approximate surface area is 177 Å². The molecule has 0 aliphatic carbocycles. The van der Waals surface area contributed by atoms with Crippen LogP contribution in [-0.4, -0.2) is 39.8 Å². The van der Waals surface area contributed by atoms with E-state index in [1.165, 1.54) is 4.90 Å². The maximum absolute atomic E-state index is 12.9. The standard InChI is InChI=1S/C24H28N2O4/c1-4-6-13-26-21(18-9-7-8-12-25-18)20(23(28)24(26)29)22(27)17-10-11-19(16(3)15-17)30-14-5-2/h7-12,15,21,27H,4-6,13-14H2,1-3H3/b22-20-. The van der Waals surface area contributed by atoms with Crippen molar-refractivity contribution in [1.29, 1.82) is 0 Å². The van der Waals surface area contributed by atoms with Crippen molar-refractivity contribution in [3.8, 4) is 5.75 Å². The third-order valence-electron chi connectivity index (χ3n) is 5.17. The number of aromatic nitrogens is 1. The molecular weight excluding hydrogens is 380 g/mol. The Balaban J connectivity index is 2.08. The number of amides is 1. The number of unbranched alkanes of at least 4 members (excludes halogenated alkanes) is 1. The van der Waals surface area contributed by atoms with Crippen molar-refractivity contribution in [1.82, 2.24) is 9.88 Å². The average molecular weight is 408 g/mol. The van der Waals surface area contributed by atoms with Gasteiger partial charge in [-0.15, -0.1) is 0 Å². The van der Waals surface area contributed by atoms with Crippen LogP contribution in [0.25, 0.3) is 5.76 Å². The summed E-state index contributed by atoms with van der Waals surface area (Å²) in [5.41, 5.74) is 1.97. The Morgan fingerprint density at radius 1 is 1.17 bits per heavy atom. The monoisotopic (exact) mass is 408 g/mol. The quantitative estimate of drug-likeness (QED) is 0.398. The van der Waals surface area contributed by atoms with Crippen molar-refractivity contribution in [2.24, 2.45) is 0 Å². The van der Waals surface area contributed by atoms with Gasteiger partial charge in [-0.25, -0.2) is 0 Å². The number of benzene rings is 1. The van der Waals surface area contributed by atoms with E-state index >= 15 is 0 Å². The predicted molar refractivity (Wildman–Crippen MR) is 115 cm³/mol. The number of nitrogens with zero attached hydrogens (tertiary/aromatic N) is 2. The molecule has 1 saturated heterocycles. The van der Waals surface area contributed by atoms with E-state index < -0.39 is 17.7 Å². The molecular formula is C24H28N2O4. The summed E-state index contributed by atoms with van der Waals surface area (Å²) in [7, 11) is 0. The van der Waals surface area contributed by atoms with Gasteiger partial charge in [0.2, 0.25) is 0 Å². The molecule has 1 aliphatic heterocycles. The van der Waals surface area contributed by atoms with Crippen LogP contribution in [0.15, 0.2) is 48.2 Å². The summed E-state index contributed by atoms with van der Waals surface area (Å²) in [5, 5.41) is 11.1. The highest BCUT2D eigenvalue weighted by atomic mass is 16.5. The van der Waals surface area contributed by atoms with Crippen LogP contribution in [0.1, 0.15) is 56.0 Å². The SMILES string of the molecule is CCCCN1C(=O)C(=O)/C(=C(\O)c2ccc(OCCC)c(C)c2)C1c1ccccn1. The first-order chi connectivity index (χ1) is 14.5. The lowest BCUT2D eigenvalue weighted by molar-refractivity contribution is -0.140. The van der Waals surface area contributed by atoms with Gasteiger partial charge < -0.3 is 14.7 Å². The van der Waals surface area contributed by atoms with E-state index in [2.05, 4.69) is 4.98 Å². The van der Waals surface area contributed by atoms with Gasteiger partial charge in [0.25, 0.3) is 11.7 Å². The first-order valence-corrected chi connectivity index (χ1v) is 10.4. The maximum atomic E-state index is 12.9. The fraction of sp³-hybridized carbons (Fsp3) is 0.375. The molecule has 1 N–H and O–H groups in total. The number of rotatable bonds is 8. The highest BCUT2D eigenvalue weighted by molar-refractivity contribution is 6.46. The van der Waals surface area contributed by atoms with Gasteiger partial charge in [0.15, 0.2) is 0 Å². The molecule has 1 amide bonds. The van der Waals surface area contributed by atoms with Crippen molar-refractivity contribution >= 4 is 17.4 Å². The highest BCUT2D eigenvalue weighted by Gasteiger charge is 2.46. The van der Waals surface area contributed by atoms with Crippen molar-refractivity contribution in [3.63, 3.8) is 0 Å². The van der Waals surface area contributed by atoms with Gasteiger partial charge >= 0.3 is 0 Å². The fourth-order valence-corrected chi connectivity index (χ4v) is 3.61. The Morgan fingerprint density at radius 3 is 2.60 bits per heavy atom. The summed E-state index contributed by atoms with van der Waals surface area (Å²) in [5.74, 6) is -0.727. The molecule has 0 saturated carbocycles. The molecule has 0 spiro atoms. The minimum Gasteiger partial charge on any atom is -0.507 e. The molecule has 1 unspecified atom stereocenters. The molecule has 1 aliphatic rings. The number of carbonyl (C=O) groups excluding carboxylic acids is 2. The number of aliphatic hydroxyl groups is 1. The molecule has 158 valence electrons. The molecule has 30 heavy (non-hydrogen) atoms. The summed E-state index contributed by atoms with van der Waals surface area (Å²) in [6.07, 6.45) is 4.17. The van der Waals surface area contributed by atoms with Crippen LogP contribution in [0.5, 0.6) is 5.75 Å². The number of ether oxygens (including phenoxy) is 1. The molecule has 1 aromatic heterocycles. The summed E-state index contributed by atoms with van der Waals surface area (Å²) >= 11 is 0. The number of Topliss-reactive ketones (excluding diaryl/α,β-unsaturated/α-hetero) is 1. The Kier molecular flexibility index (Phi) is 6.87. The molecule has 3 rings (SSSR count). The zero-order chi connectivity index (χ0) is 21.7. The number of hydrogen-bond acceptors (Lipinski definition) is 5. The number of likely N-dealkylation sites (tertiary alicyclic amines) is 1. The van der Waals surface area contributed by atoms with Crippen molar-refractivity contribution in [2.45, 2.75) is 46.1 Å². The smallest absolute Gasteiger partial charge is 0.295 e. The number of ketones is 1. The van der Waals surface area contributed by atoms with Gasteiger partial charge in [-0.05, 0) is 55.7 Å². The molecule has 1 aromatic carbocycles.